The van der Waals surface area contributed by atoms with Crippen molar-refractivity contribution in [1.29, 1.82) is 0 Å². The Hall–Kier alpha value is -1.89. The zero-order valence-corrected chi connectivity index (χ0v) is 12.7. The van der Waals surface area contributed by atoms with E-state index in [4.69, 9.17) is 16.0 Å². The first kappa shape index (κ1) is 15.0. The first-order valence-corrected chi connectivity index (χ1v) is 7.57. The third kappa shape index (κ3) is 3.65. The molecule has 1 aromatic carbocycles. The van der Waals surface area contributed by atoms with Crippen molar-refractivity contribution in [2.24, 2.45) is 0 Å². The lowest BCUT2D eigenvalue weighted by atomic mass is 10.2. The molecule has 2 heterocycles. The van der Waals surface area contributed by atoms with Crippen LogP contribution in [0.25, 0.3) is 11.3 Å². The molecule has 1 aliphatic rings. The molecule has 22 heavy (non-hydrogen) atoms. The molecule has 3 rings (SSSR count). The van der Waals surface area contributed by atoms with Gasteiger partial charge in [0.1, 0.15) is 0 Å². The van der Waals surface area contributed by atoms with Crippen molar-refractivity contribution in [2.75, 3.05) is 6.54 Å². The SMILES string of the molecule is O=C(CCc1ncc(-c2ccccc2Cl)o1)NC1CCNN1. The molecule has 6 nitrogen and oxygen atoms in total. The number of hydrogen-bond acceptors (Lipinski definition) is 5. The summed E-state index contributed by atoms with van der Waals surface area (Å²) in [5, 5.41) is 3.51. The number of hydrazine groups is 1. The van der Waals surface area contributed by atoms with E-state index < -0.39 is 0 Å². The van der Waals surface area contributed by atoms with Crippen LogP contribution < -0.4 is 16.2 Å². The Morgan fingerprint density at radius 1 is 1.45 bits per heavy atom. The topological polar surface area (TPSA) is 79.2 Å². The summed E-state index contributed by atoms with van der Waals surface area (Å²) in [4.78, 5) is 16.0. The summed E-state index contributed by atoms with van der Waals surface area (Å²) in [6.07, 6.45) is 3.30. The summed E-state index contributed by atoms with van der Waals surface area (Å²) in [7, 11) is 0. The molecule has 0 bridgehead atoms. The van der Waals surface area contributed by atoms with Gasteiger partial charge in [-0.2, -0.15) is 0 Å². The number of halogens is 1. The van der Waals surface area contributed by atoms with Crippen LogP contribution in [0, 0.1) is 0 Å². The summed E-state index contributed by atoms with van der Waals surface area (Å²) < 4.78 is 5.67. The minimum absolute atomic E-state index is 0.00394. The number of nitrogens with zero attached hydrogens (tertiary/aromatic N) is 1. The molecule has 0 spiro atoms. The molecule has 7 heteroatoms. The molecule has 1 aromatic heterocycles. The zero-order valence-electron chi connectivity index (χ0n) is 11.9. The average Bonchev–Trinajstić information content (AvgIpc) is 3.17. The van der Waals surface area contributed by atoms with Crippen molar-refractivity contribution >= 4 is 17.5 Å². The highest BCUT2D eigenvalue weighted by molar-refractivity contribution is 6.33. The molecule has 1 fully saturated rings. The van der Waals surface area contributed by atoms with Crippen LogP contribution in [0.15, 0.2) is 34.9 Å². The number of carbonyl (C=O) groups is 1. The van der Waals surface area contributed by atoms with Gasteiger partial charge in [0, 0.05) is 24.9 Å². The van der Waals surface area contributed by atoms with E-state index in [2.05, 4.69) is 21.2 Å². The van der Waals surface area contributed by atoms with Gasteiger partial charge in [0.2, 0.25) is 5.91 Å². The Morgan fingerprint density at radius 2 is 2.32 bits per heavy atom. The Kier molecular flexibility index (Phi) is 4.72. The van der Waals surface area contributed by atoms with Gasteiger partial charge in [-0.3, -0.25) is 10.2 Å². The Bertz CT molecular complexity index is 652. The highest BCUT2D eigenvalue weighted by Gasteiger charge is 2.16. The van der Waals surface area contributed by atoms with Crippen molar-refractivity contribution in [3.63, 3.8) is 0 Å². The molecule has 2 aromatic rings. The number of rotatable bonds is 5. The van der Waals surface area contributed by atoms with Crippen LogP contribution in [-0.2, 0) is 11.2 Å². The molecule has 0 radical (unpaired) electrons. The molecule has 0 aliphatic carbocycles. The van der Waals surface area contributed by atoms with Gasteiger partial charge in [0.05, 0.1) is 17.4 Å². The fourth-order valence-corrected chi connectivity index (χ4v) is 2.52. The molecule has 116 valence electrons. The summed E-state index contributed by atoms with van der Waals surface area (Å²) >= 11 is 6.13. The largest absolute Gasteiger partial charge is 0.441 e. The van der Waals surface area contributed by atoms with E-state index in [1.807, 2.05) is 18.2 Å². The smallest absolute Gasteiger partial charge is 0.221 e. The van der Waals surface area contributed by atoms with Crippen LogP contribution in [-0.4, -0.2) is 23.6 Å². The number of nitrogens with one attached hydrogen (secondary N) is 3. The number of oxazole rings is 1. The third-order valence-electron chi connectivity index (χ3n) is 3.43. The summed E-state index contributed by atoms with van der Waals surface area (Å²) in [5.74, 6) is 1.11. The van der Waals surface area contributed by atoms with Gasteiger partial charge in [0.15, 0.2) is 11.7 Å². The second kappa shape index (κ2) is 6.91. The van der Waals surface area contributed by atoms with Crippen LogP contribution in [0.1, 0.15) is 18.7 Å². The summed E-state index contributed by atoms with van der Waals surface area (Å²) in [5.41, 5.74) is 6.75. The molecule has 1 aliphatic heterocycles. The van der Waals surface area contributed by atoms with E-state index >= 15 is 0 Å². The van der Waals surface area contributed by atoms with Gasteiger partial charge in [-0.25, -0.2) is 10.4 Å². The van der Waals surface area contributed by atoms with E-state index in [9.17, 15) is 4.79 Å². The van der Waals surface area contributed by atoms with E-state index in [1.165, 1.54) is 0 Å². The minimum Gasteiger partial charge on any atom is -0.441 e. The lowest BCUT2D eigenvalue weighted by Crippen LogP contribution is -2.44. The fourth-order valence-electron chi connectivity index (χ4n) is 2.29. The van der Waals surface area contributed by atoms with Crippen LogP contribution in [0.5, 0.6) is 0 Å². The number of benzene rings is 1. The van der Waals surface area contributed by atoms with Crippen LogP contribution in [0.3, 0.4) is 0 Å². The van der Waals surface area contributed by atoms with Gasteiger partial charge >= 0.3 is 0 Å². The lowest BCUT2D eigenvalue weighted by molar-refractivity contribution is -0.122. The van der Waals surface area contributed by atoms with Gasteiger partial charge in [-0.15, -0.1) is 0 Å². The number of aryl methyl sites for hydroxylation is 1. The highest BCUT2D eigenvalue weighted by Crippen LogP contribution is 2.28. The maximum Gasteiger partial charge on any atom is 0.221 e. The van der Waals surface area contributed by atoms with E-state index in [0.29, 0.717) is 29.5 Å². The molecule has 1 saturated heterocycles. The van der Waals surface area contributed by atoms with Crippen molar-refractivity contribution < 1.29 is 9.21 Å². The van der Waals surface area contributed by atoms with Crippen molar-refractivity contribution in [3.8, 4) is 11.3 Å². The average molecular weight is 321 g/mol. The maximum atomic E-state index is 11.8. The van der Waals surface area contributed by atoms with E-state index in [1.54, 1.807) is 12.3 Å². The summed E-state index contributed by atoms with van der Waals surface area (Å²) in [6.45, 7) is 0.853. The second-order valence-corrected chi connectivity index (χ2v) is 5.49. The molecular formula is C15H17ClN4O2. The number of hydrogen-bond donors (Lipinski definition) is 3. The third-order valence-corrected chi connectivity index (χ3v) is 3.76. The van der Waals surface area contributed by atoms with Gasteiger partial charge < -0.3 is 9.73 Å². The minimum atomic E-state index is -0.0290. The molecule has 1 amide bonds. The Balaban J connectivity index is 1.55. The van der Waals surface area contributed by atoms with E-state index in [0.717, 1.165) is 18.5 Å². The zero-order chi connectivity index (χ0) is 15.4. The maximum absolute atomic E-state index is 11.8. The van der Waals surface area contributed by atoms with Crippen LogP contribution >= 0.6 is 11.6 Å². The summed E-state index contributed by atoms with van der Waals surface area (Å²) in [6, 6.07) is 7.42. The Morgan fingerprint density at radius 3 is 3.09 bits per heavy atom. The number of aromatic nitrogens is 1. The van der Waals surface area contributed by atoms with E-state index in [-0.39, 0.29) is 12.1 Å². The predicted molar refractivity (Wildman–Crippen MR) is 83.0 cm³/mol. The second-order valence-electron chi connectivity index (χ2n) is 5.08. The van der Waals surface area contributed by atoms with Gasteiger partial charge in [0.25, 0.3) is 0 Å². The van der Waals surface area contributed by atoms with Crippen molar-refractivity contribution in [1.82, 2.24) is 21.2 Å². The number of carbonyl (C=O) groups excluding carboxylic acids is 1. The highest BCUT2D eigenvalue weighted by atomic mass is 35.5. The van der Waals surface area contributed by atoms with Gasteiger partial charge in [-0.05, 0) is 18.6 Å². The normalized spacial score (nSPS) is 17.6. The first-order valence-electron chi connectivity index (χ1n) is 7.20. The quantitative estimate of drug-likeness (QED) is 0.784. The molecule has 1 atom stereocenters. The van der Waals surface area contributed by atoms with Crippen LogP contribution in [0.2, 0.25) is 5.02 Å². The lowest BCUT2D eigenvalue weighted by Gasteiger charge is -2.11. The molecule has 1 unspecified atom stereocenters. The standard InChI is InChI=1S/C15H17ClN4O2/c16-11-4-2-1-3-10(11)12-9-17-15(22-12)6-5-14(21)19-13-7-8-18-20-13/h1-4,9,13,18,20H,5-8H2,(H,19,21). The van der Waals surface area contributed by atoms with Crippen LogP contribution in [0.4, 0.5) is 0 Å². The molecular weight excluding hydrogens is 304 g/mol. The molecule has 0 saturated carbocycles. The van der Waals surface area contributed by atoms with Gasteiger partial charge in [-0.1, -0.05) is 23.7 Å². The monoisotopic (exact) mass is 320 g/mol. The first-order chi connectivity index (χ1) is 10.7. The van der Waals surface area contributed by atoms with Crippen molar-refractivity contribution in [2.45, 2.75) is 25.4 Å². The predicted octanol–water partition coefficient (Wildman–Crippen LogP) is 1.87. The fraction of sp³-hybridized carbons (Fsp3) is 0.333. The number of amides is 1. The Labute approximate surface area is 133 Å². The molecule has 3 N–H and O–H groups in total. The van der Waals surface area contributed by atoms with Crippen molar-refractivity contribution in [3.05, 3.63) is 41.4 Å².